The quantitative estimate of drug-likeness (QED) is 0.343. The van der Waals surface area contributed by atoms with Crippen LogP contribution < -0.4 is 3.96 Å². The van der Waals surface area contributed by atoms with Crippen LogP contribution in [0.3, 0.4) is 0 Å². The van der Waals surface area contributed by atoms with Gasteiger partial charge >= 0.3 is 10.7 Å². The molecule has 19 heavy (non-hydrogen) atoms. The first-order valence-corrected chi connectivity index (χ1v) is 7.40. The maximum Gasteiger partial charge on any atom is 0.485 e. The minimum absolute atomic E-state index is 0.417. The van der Waals surface area contributed by atoms with E-state index in [1.165, 1.54) is 11.5 Å². The molecule has 0 saturated carbocycles. The lowest BCUT2D eigenvalue weighted by Crippen LogP contribution is -2.27. The van der Waals surface area contributed by atoms with Crippen molar-refractivity contribution in [1.29, 1.82) is 0 Å². The fourth-order valence-electron chi connectivity index (χ4n) is 0.602. The third-order valence-electron chi connectivity index (χ3n) is 1.34. The zero-order valence-electron chi connectivity index (χ0n) is 8.75. The van der Waals surface area contributed by atoms with E-state index in [9.17, 15) is 13.2 Å². The number of nitrogens with zero attached hydrogens (tertiary/aromatic N) is 1. The Hall–Kier alpha value is -0.0600. The smallest absolute Gasteiger partial charge is 0.485 e. The van der Waals surface area contributed by atoms with Crippen molar-refractivity contribution in [3.05, 3.63) is 27.2 Å². The molecule has 0 bridgehead atoms. The summed E-state index contributed by atoms with van der Waals surface area (Å²) in [6.45, 7) is 4.21. The van der Waals surface area contributed by atoms with Gasteiger partial charge in [0.2, 0.25) is 0 Å². The van der Waals surface area contributed by atoms with Crippen LogP contribution in [0.25, 0.3) is 0 Å². The second-order valence-electron chi connectivity index (χ2n) is 2.72. The molecule has 1 heterocycles. The summed E-state index contributed by atoms with van der Waals surface area (Å²) < 4.78 is 61.2. The highest BCUT2D eigenvalue weighted by atomic mass is 35.5. The summed E-state index contributed by atoms with van der Waals surface area (Å²) in [7, 11) is -6.09. The van der Waals surface area contributed by atoms with E-state index in [-0.39, 0.29) is 0 Å². The summed E-state index contributed by atoms with van der Waals surface area (Å²) >= 11 is 18.6. The van der Waals surface area contributed by atoms with Gasteiger partial charge in [0.05, 0.1) is 0 Å². The number of hydrogen-bond acceptors (Lipinski definition) is 4. The van der Waals surface area contributed by atoms with E-state index in [1.54, 1.807) is 10.0 Å². The topological polar surface area (TPSA) is 61.1 Å². The van der Waals surface area contributed by atoms with Crippen molar-refractivity contribution in [2.24, 2.45) is 0 Å². The average molecular weight is 379 g/mol. The van der Waals surface area contributed by atoms with Gasteiger partial charge in [-0.3, -0.25) is 0 Å². The molecular formula is C7H5Cl3F3NO3S2. The van der Waals surface area contributed by atoms with E-state index in [4.69, 9.17) is 47.8 Å². The van der Waals surface area contributed by atoms with Crippen LogP contribution in [0.1, 0.15) is 0 Å². The molecule has 0 atom stereocenters. The molecule has 0 unspecified atom stereocenters. The molecule has 0 radical (unpaired) electrons. The lowest BCUT2D eigenvalue weighted by Gasteiger charge is -2.08. The number of allylic oxidation sites excluding steroid dienone is 1. The van der Waals surface area contributed by atoms with E-state index in [2.05, 4.69) is 6.58 Å². The third-order valence-corrected chi connectivity index (χ3v) is 4.39. The molecule has 1 aromatic rings. The molecule has 1 aromatic heterocycles. The SMILES string of the molecule is C=CC[n+]1sc(Cl)c(Cl)c1Cl.O=S(=O)([O-])C(F)(F)F. The second-order valence-corrected chi connectivity index (χ2v) is 6.46. The Kier molecular flexibility index (Phi) is 7.07. The van der Waals surface area contributed by atoms with Gasteiger partial charge in [0, 0.05) is 0 Å². The highest BCUT2D eigenvalue weighted by molar-refractivity contribution is 7.86. The maximum absolute atomic E-state index is 10.7. The molecule has 0 N–H and O–H groups in total. The standard InChI is InChI=1S/C6H5Cl3NS.CHF3O3S/c1-2-3-10-5(8)4(7)6(9)11-10;2-1(3,4)8(5,6)7/h2H,1,3H2;(H,5,6,7)/q+1;/p-1. The zero-order valence-corrected chi connectivity index (χ0v) is 12.6. The van der Waals surface area contributed by atoms with Gasteiger partial charge < -0.3 is 4.55 Å². The van der Waals surface area contributed by atoms with Crippen LogP contribution in [-0.4, -0.2) is 18.5 Å². The van der Waals surface area contributed by atoms with E-state index in [0.29, 0.717) is 21.1 Å². The van der Waals surface area contributed by atoms with Gasteiger partial charge in [-0.2, -0.15) is 13.2 Å². The van der Waals surface area contributed by atoms with Crippen molar-refractivity contribution in [3.63, 3.8) is 0 Å². The molecular weight excluding hydrogens is 374 g/mol. The monoisotopic (exact) mass is 377 g/mol. The van der Waals surface area contributed by atoms with Gasteiger partial charge in [-0.05, 0) is 17.7 Å². The van der Waals surface area contributed by atoms with Crippen LogP contribution in [0.15, 0.2) is 12.7 Å². The minimum atomic E-state index is -6.09. The van der Waals surface area contributed by atoms with Gasteiger partial charge in [0.15, 0.2) is 37.6 Å². The van der Waals surface area contributed by atoms with Crippen molar-refractivity contribution < 1.29 is 30.1 Å². The third kappa shape index (κ3) is 5.84. The van der Waals surface area contributed by atoms with Gasteiger partial charge in [0.1, 0.15) is 0 Å². The lowest BCUT2D eigenvalue weighted by molar-refractivity contribution is -0.615. The van der Waals surface area contributed by atoms with E-state index in [1.807, 2.05) is 0 Å². The van der Waals surface area contributed by atoms with Gasteiger partial charge in [0.25, 0.3) is 0 Å². The summed E-state index contributed by atoms with van der Waals surface area (Å²) in [5, 5.41) is 0.891. The summed E-state index contributed by atoms with van der Waals surface area (Å²) in [6.07, 6.45) is 1.73. The van der Waals surface area contributed by atoms with Crippen LogP contribution in [-0.2, 0) is 16.7 Å². The van der Waals surface area contributed by atoms with Gasteiger partial charge in [-0.15, -0.1) is 3.96 Å². The van der Waals surface area contributed by atoms with Crippen molar-refractivity contribution in [3.8, 4) is 0 Å². The Bertz CT molecular complexity index is 556. The van der Waals surface area contributed by atoms with Crippen molar-refractivity contribution in [1.82, 2.24) is 0 Å². The van der Waals surface area contributed by atoms with E-state index >= 15 is 0 Å². The lowest BCUT2D eigenvalue weighted by atomic mass is 10.6. The van der Waals surface area contributed by atoms with Crippen molar-refractivity contribution in [2.45, 2.75) is 12.1 Å². The summed E-state index contributed by atoms with van der Waals surface area (Å²) in [6, 6.07) is 0. The zero-order chi connectivity index (χ0) is 15.4. The van der Waals surface area contributed by atoms with E-state index < -0.39 is 15.6 Å². The second kappa shape index (κ2) is 7.09. The molecule has 0 aliphatic heterocycles. The van der Waals surface area contributed by atoms with Crippen molar-refractivity contribution in [2.75, 3.05) is 0 Å². The maximum atomic E-state index is 10.7. The van der Waals surface area contributed by atoms with Crippen LogP contribution in [0.2, 0.25) is 14.5 Å². The number of rotatable bonds is 2. The molecule has 0 aromatic carbocycles. The number of aromatic nitrogens is 1. The Labute approximate surface area is 125 Å². The highest BCUT2D eigenvalue weighted by Crippen LogP contribution is 2.31. The Morgan fingerprint density at radius 1 is 1.37 bits per heavy atom. The molecule has 0 amide bonds. The first-order valence-electron chi connectivity index (χ1n) is 4.08. The van der Waals surface area contributed by atoms with Gasteiger partial charge in [-0.25, -0.2) is 8.42 Å². The Balaban J connectivity index is 0.000000362. The van der Waals surface area contributed by atoms with Gasteiger partial charge in [-0.1, -0.05) is 29.8 Å². The summed E-state index contributed by atoms with van der Waals surface area (Å²) in [5.74, 6) is 0. The molecule has 12 heteroatoms. The van der Waals surface area contributed by atoms with Crippen LogP contribution >= 0.6 is 46.3 Å². The fraction of sp³-hybridized carbons (Fsp3) is 0.286. The first kappa shape index (κ1) is 18.9. The average Bonchev–Trinajstić information content (AvgIpc) is 2.45. The Morgan fingerprint density at radius 2 is 1.79 bits per heavy atom. The van der Waals surface area contributed by atoms with Crippen molar-refractivity contribution >= 4 is 56.5 Å². The summed E-state index contributed by atoms with van der Waals surface area (Å²) in [4.78, 5) is 0. The summed E-state index contributed by atoms with van der Waals surface area (Å²) in [5.41, 5.74) is -5.65. The molecule has 1 rings (SSSR count). The Morgan fingerprint density at radius 3 is 2.00 bits per heavy atom. The number of halogens is 6. The van der Waals surface area contributed by atoms with E-state index in [0.717, 1.165) is 0 Å². The normalized spacial score (nSPS) is 11.7. The largest absolute Gasteiger partial charge is 0.741 e. The molecule has 0 spiro atoms. The highest BCUT2D eigenvalue weighted by Gasteiger charge is 2.36. The molecule has 0 aliphatic carbocycles. The predicted octanol–water partition coefficient (Wildman–Crippen LogP) is 3.23. The minimum Gasteiger partial charge on any atom is -0.741 e. The van der Waals surface area contributed by atoms with Crippen LogP contribution in [0.4, 0.5) is 13.2 Å². The first-order chi connectivity index (χ1) is 8.41. The molecule has 0 aliphatic rings. The molecule has 110 valence electrons. The molecule has 0 fully saturated rings. The van der Waals surface area contributed by atoms with Crippen LogP contribution in [0, 0.1) is 0 Å². The molecule has 4 nitrogen and oxygen atoms in total. The molecule has 0 saturated heterocycles. The number of hydrogen-bond donors (Lipinski definition) is 0. The fourth-order valence-corrected chi connectivity index (χ4v) is 2.29. The predicted molar refractivity (Wildman–Crippen MR) is 65.5 cm³/mol. The van der Waals surface area contributed by atoms with Crippen LogP contribution in [0.5, 0.6) is 0 Å². The number of alkyl halides is 3.